The van der Waals surface area contributed by atoms with Gasteiger partial charge >= 0.3 is 12.1 Å². The Morgan fingerprint density at radius 1 is 0.953 bits per heavy atom. The van der Waals surface area contributed by atoms with E-state index in [1.54, 1.807) is 12.3 Å². The molecule has 0 spiro atoms. The molecule has 1 aliphatic carbocycles. The van der Waals surface area contributed by atoms with Crippen molar-refractivity contribution in [1.82, 2.24) is 29.6 Å². The maximum Gasteiger partial charge on any atom is 0.490 e. The average Bonchev–Trinajstić information content (AvgIpc) is 3.76. The van der Waals surface area contributed by atoms with Gasteiger partial charge in [-0.3, -0.25) is 4.90 Å². The molecular weight excluding hydrogens is 568 g/mol. The molecule has 0 bridgehead atoms. The summed E-state index contributed by atoms with van der Waals surface area (Å²) in [5, 5.41) is 14.8. The van der Waals surface area contributed by atoms with Crippen LogP contribution < -0.4 is 10.2 Å². The van der Waals surface area contributed by atoms with Gasteiger partial charge in [-0.15, -0.1) is 0 Å². The Labute approximate surface area is 245 Å². The van der Waals surface area contributed by atoms with Gasteiger partial charge in [-0.2, -0.15) is 18.3 Å². The number of aromatic nitrogens is 5. The van der Waals surface area contributed by atoms with Crippen molar-refractivity contribution in [1.29, 1.82) is 0 Å². The summed E-state index contributed by atoms with van der Waals surface area (Å²) in [6, 6.07) is 15.6. The molecule has 1 saturated carbocycles. The summed E-state index contributed by atoms with van der Waals surface area (Å²) in [5.74, 6) is -0.983. The van der Waals surface area contributed by atoms with Crippen LogP contribution in [0.1, 0.15) is 24.5 Å². The minimum absolute atomic E-state index is 0.255. The van der Waals surface area contributed by atoms with Crippen molar-refractivity contribution in [3.8, 4) is 16.9 Å². The number of carboxylic acid groups (broad SMARTS) is 1. The number of carboxylic acids is 1. The summed E-state index contributed by atoms with van der Waals surface area (Å²) in [5.41, 5.74) is 4.10. The van der Waals surface area contributed by atoms with Gasteiger partial charge in [-0.25, -0.2) is 28.8 Å². The topological polar surface area (TPSA) is 112 Å². The van der Waals surface area contributed by atoms with Crippen molar-refractivity contribution in [2.24, 2.45) is 0 Å². The lowest BCUT2D eigenvalue weighted by atomic mass is 10.1. The third-order valence-corrected chi connectivity index (χ3v) is 7.06. The first-order valence-electron chi connectivity index (χ1n) is 13.7. The van der Waals surface area contributed by atoms with E-state index in [0.29, 0.717) is 11.6 Å². The number of aliphatic carboxylic acids is 1. The fourth-order valence-corrected chi connectivity index (χ4v) is 4.85. The molecule has 2 aromatic heterocycles. The molecule has 2 N–H and O–H groups in total. The highest BCUT2D eigenvalue weighted by Gasteiger charge is 2.38. The number of carbonyl (C=O) groups is 1. The monoisotopic (exact) mass is 598 g/mol. The molecule has 14 heteroatoms. The zero-order valence-corrected chi connectivity index (χ0v) is 23.5. The van der Waals surface area contributed by atoms with Crippen molar-refractivity contribution >= 4 is 23.3 Å². The van der Waals surface area contributed by atoms with E-state index in [1.807, 2.05) is 54.9 Å². The van der Waals surface area contributed by atoms with Crippen LogP contribution in [0.3, 0.4) is 0 Å². The van der Waals surface area contributed by atoms with Gasteiger partial charge < -0.3 is 15.3 Å². The second kappa shape index (κ2) is 12.3. The molecule has 2 fully saturated rings. The summed E-state index contributed by atoms with van der Waals surface area (Å²) < 4.78 is 48.2. The summed E-state index contributed by atoms with van der Waals surface area (Å²) >= 11 is 0. The second-order valence-electron chi connectivity index (χ2n) is 10.3. The maximum atomic E-state index is 14.6. The zero-order valence-electron chi connectivity index (χ0n) is 23.5. The number of piperazine rings is 1. The molecule has 0 atom stereocenters. The number of alkyl halides is 3. The molecular formula is C29H30F4N8O2. The number of nitrogens with one attached hydrogen (secondary N) is 1. The van der Waals surface area contributed by atoms with Gasteiger partial charge in [0.15, 0.2) is 0 Å². The van der Waals surface area contributed by atoms with Crippen LogP contribution in [0.25, 0.3) is 16.9 Å². The first kappa shape index (κ1) is 29.9. The number of hydrogen-bond donors (Lipinski definition) is 2. The predicted molar refractivity (Wildman–Crippen MR) is 152 cm³/mol. The minimum Gasteiger partial charge on any atom is -0.475 e. The molecule has 0 unspecified atom stereocenters. The number of halogens is 4. The van der Waals surface area contributed by atoms with E-state index >= 15 is 0 Å². The van der Waals surface area contributed by atoms with Crippen LogP contribution in [0.5, 0.6) is 0 Å². The van der Waals surface area contributed by atoms with Gasteiger partial charge in [-0.05, 0) is 75.2 Å². The summed E-state index contributed by atoms with van der Waals surface area (Å²) in [7, 11) is 0. The number of aryl methyl sites for hydroxylation is 2. The molecule has 2 aromatic carbocycles. The highest BCUT2D eigenvalue weighted by molar-refractivity contribution is 5.73. The van der Waals surface area contributed by atoms with Gasteiger partial charge in [0.1, 0.15) is 17.5 Å². The Bertz CT molecular complexity index is 1580. The van der Waals surface area contributed by atoms with Crippen LogP contribution in [-0.2, 0) is 4.79 Å². The predicted octanol–water partition coefficient (Wildman–Crippen LogP) is 5.14. The Kier molecular flexibility index (Phi) is 8.57. The van der Waals surface area contributed by atoms with E-state index in [4.69, 9.17) is 9.90 Å². The number of benzene rings is 2. The van der Waals surface area contributed by atoms with Crippen LogP contribution in [0, 0.1) is 19.7 Å². The molecule has 2 aliphatic rings. The van der Waals surface area contributed by atoms with E-state index in [2.05, 4.69) is 35.2 Å². The van der Waals surface area contributed by atoms with E-state index < -0.39 is 12.1 Å². The highest BCUT2D eigenvalue weighted by atomic mass is 19.4. The van der Waals surface area contributed by atoms with E-state index in [1.165, 1.54) is 18.9 Å². The standard InChI is InChI=1S/C27H29FN8.C2HF3O2/c1-18-30-19(2)36(33-18)24-5-3-22(4-6-24)31-27-29-10-9-26(32-27)20-15-21(28)17-25(16-20)35-13-11-34(12-14-35)23-7-8-23;3-2(4,5)1(6)7/h3-6,9-10,15-17,23H,7-8,11-14H2,1-2H3,(H,29,31,32);(H,6,7). The molecule has 0 amide bonds. The Hall–Kier alpha value is -4.59. The largest absolute Gasteiger partial charge is 0.490 e. The highest BCUT2D eigenvalue weighted by Crippen LogP contribution is 2.30. The van der Waals surface area contributed by atoms with Crippen LogP contribution in [0.2, 0.25) is 0 Å². The van der Waals surface area contributed by atoms with Crippen molar-refractivity contribution in [3.05, 3.63) is 72.2 Å². The normalized spacial score (nSPS) is 15.5. The zero-order chi connectivity index (χ0) is 30.7. The van der Waals surface area contributed by atoms with Gasteiger partial charge in [0.25, 0.3) is 0 Å². The Morgan fingerprint density at radius 2 is 1.63 bits per heavy atom. The van der Waals surface area contributed by atoms with Crippen LogP contribution >= 0.6 is 0 Å². The smallest absolute Gasteiger partial charge is 0.475 e. The quantitative estimate of drug-likeness (QED) is 0.291. The van der Waals surface area contributed by atoms with Gasteiger partial charge in [0, 0.05) is 55.4 Å². The van der Waals surface area contributed by atoms with Crippen molar-refractivity contribution in [2.45, 2.75) is 38.9 Å². The number of nitrogens with zero attached hydrogens (tertiary/aromatic N) is 7. The van der Waals surface area contributed by atoms with E-state index in [9.17, 15) is 17.6 Å². The van der Waals surface area contributed by atoms with Crippen LogP contribution in [-0.4, -0.2) is 79.1 Å². The molecule has 1 saturated heterocycles. The maximum absolute atomic E-state index is 14.6. The van der Waals surface area contributed by atoms with Gasteiger partial charge in [0.2, 0.25) is 5.95 Å². The first-order chi connectivity index (χ1) is 20.5. The Morgan fingerprint density at radius 3 is 2.21 bits per heavy atom. The van der Waals surface area contributed by atoms with Crippen LogP contribution in [0.4, 0.5) is 34.9 Å². The lowest BCUT2D eigenvalue weighted by molar-refractivity contribution is -0.192. The van der Waals surface area contributed by atoms with E-state index in [0.717, 1.165) is 66.5 Å². The molecule has 226 valence electrons. The first-order valence-corrected chi connectivity index (χ1v) is 13.7. The molecule has 4 aromatic rings. The molecule has 1 aliphatic heterocycles. The lowest BCUT2D eigenvalue weighted by Crippen LogP contribution is -2.47. The minimum atomic E-state index is -5.08. The number of anilines is 3. The third kappa shape index (κ3) is 7.63. The number of rotatable bonds is 6. The average molecular weight is 599 g/mol. The lowest BCUT2D eigenvalue weighted by Gasteiger charge is -2.36. The molecule has 3 heterocycles. The fourth-order valence-electron chi connectivity index (χ4n) is 4.85. The third-order valence-electron chi connectivity index (χ3n) is 7.06. The van der Waals surface area contributed by atoms with Gasteiger partial charge in [0.05, 0.1) is 11.4 Å². The summed E-state index contributed by atoms with van der Waals surface area (Å²) in [4.78, 5) is 27.1. The SMILES string of the molecule is Cc1nc(C)n(-c2ccc(Nc3nccc(-c4cc(F)cc(N5CCN(C6CC6)CC5)c4)n3)cc2)n1.O=C(O)C(F)(F)F. The second-order valence-corrected chi connectivity index (χ2v) is 10.3. The fraction of sp³-hybridized carbons (Fsp3) is 0.345. The summed E-state index contributed by atoms with van der Waals surface area (Å²) in [6.45, 7) is 7.71. The molecule has 43 heavy (non-hydrogen) atoms. The summed E-state index contributed by atoms with van der Waals surface area (Å²) in [6.07, 6.45) is -0.751. The van der Waals surface area contributed by atoms with Crippen molar-refractivity contribution in [3.63, 3.8) is 0 Å². The van der Waals surface area contributed by atoms with Crippen LogP contribution in [0.15, 0.2) is 54.7 Å². The Balaban J connectivity index is 0.000000472. The van der Waals surface area contributed by atoms with E-state index in [-0.39, 0.29) is 5.82 Å². The molecule has 10 nitrogen and oxygen atoms in total. The molecule has 6 rings (SSSR count). The van der Waals surface area contributed by atoms with Crippen molar-refractivity contribution < 1.29 is 27.5 Å². The number of hydrogen-bond acceptors (Lipinski definition) is 8. The van der Waals surface area contributed by atoms with Crippen molar-refractivity contribution in [2.75, 3.05) is 36.4 Å². The van der Waals surface area contributed by atoms with Gasteiger partial charge in [-0.1, -0.05) is 0 Å². The molecule has 0 radical (unpaired) electrons.